The van der Waals surface area contributed by atoms with E-state index in [4.69, 9.17) is 0 Å². The first-order valence-electron chi connectivity index (χ1n) is 10.9. The van der Waals surface area contributed by atoms with Gasteiger partial charge in [0.1, 0.15) is 0 Å². The highest BCUT2D eigenvalue weighted by Crippen LogP contribution is 2.19. The smallest absolute Gasteiger partial charge is 0.255 e. The van der Waals surface area contributed by atoms with Crippen LogP contribution < -0.4 is 5.56 Å². The fourth-order valence-electron chi connectivity index (χ4n) is 4.21. The van der Waals surface area contributed by atoms with Crippen LogP contribution in [0.25, 0.3) is 28.7 Å². The van der Waals surface area contributed by atoms with Gasteiger partial charge in [0, 0.05) is 29.9 Å². The predicted molar refractivity (Wildman–Crippen MR) is 134 cm³/mol. The van der Waals surface area contributed by atoms with Crippen molar-refractivity contribution in [1.29, 1.82) is 0 Å². The number of benzene rings is 2. The summed E-state index contributed by atoms with van der Waals surface area (Å²) < 4.78 is 3.75. The molecule has 0 amide bonds. The van der Waals surface area contributed by atoms with E-state index in [2.05, 4.69) is 20.7 Å². The Morgan fingerprint density at radius 2 is 1.66 bits per heavy atom. The number of likely N-dealkylation sites (tertiary alicyclic amines) is 1. The summed E-state index contributed by atoms with van der Waals surface area (Å²) in [5, 5.41) is 5.63. The highest BCUT2D eigenvalue weighted by molar-refractivity contribution is 5.85. The molecule has 2 aromatic heterocycles. The molecule has 32 heavy (non-hydrogen) atoms. The molecule has 0 aliphatic carbocycles. The maximum absolute atomic E-state index is 12.7. The average molecular weight is 447 g/mol. The van der Waals surface area contributed by atoms with E-state index in [1.807, 2.05) is 73.1 Å². The zero-order chi connectivity index (χ0) is 21.0. The second-order valence-electron chi connectivity index (χ2n) is 8.07. The Labute approximate surface area is 194 Å². The van der Waals surface area contributed by atoms with E-state index in [-0.39, 0.29) is 18.0 Å². The zero-order valence-electron chi connectivity index (χ0n) is 17.9. The van der Waals surface area contributed by atoms with Gasteiger partial charge in [-0.3, -0.25) is 14.0 Å². The lowest BCUT2D eigenvalue weighted by molar-refractivity contribution is 0.318. The fraction of sp³-hybridized carbons (Fsp3) is 0.231. The Morgan fingerprint density at radius 3 is 2.44 bits per heavy atom. The zero-order valence-corrected chi connectivity index (χ0v) is 18.7. The van der Waals surface area contributed by atoms with Crippen molar-refractivity contribution in [2.24, 2.45) is 0 Å². The molecule has 1 saturated heterocycles. The topological polar surface area (TPSA) is 43.1 Å². The predicted octanol–water partition coefficient (Wildman–Crippen LogP) is 4.88. The second kappa shape index (κ2) is 9.98. The Hall–Kier alpha value is -3.15. The Morgan fingerprint density at radius 1 is 0.875 bits per heavy atom. The molecule has 0 bridgehead atoms. The third-order valence-electron chi connectivity index (χ3n) is 5.94. The molecule has 0 unspecified atom stereocenters. The van der Waals surface area contributed by atoms with Gasteiger partial charge in [-0.1, -0.05) is 42.5 Å². The van der Waals surface area contributed by atoms with Crippen molar-refractivity contribution in [2.45, 2.75) is 19.4 Å². The maximum atomic E-state index is 12.7. The quantitative estimate of drug-likeness (QED) is 0.424. The molecule has 0 atom stereocenters. The summed E-state index contributed by atoms with van der Waals surface area (Å²) in [6.45, 7) is 4.33. The minimum Gasteiger partial charge on any atom is -0.301 e. The van der Waals surface area contributed by atoms with Gasteiger partial charge in [-0.05, 0) is 61.3 Å². The van der Waals surface area contributed by atoms with Crippen LogP contribution in [0.2, 0.25) is 0 Å². The van der Waals surface area contributed by atoms with Gasteiger partial charge in [0.05, 0.1) is 18.3 Å². The number of aromatic nitrogens is 3. The van der Waals surface area contributed by atoms with Crippen LogP contribution in [0.15, 0.2) is 77.9 Å². The lowest BCUT2D eigenvalue weighted by Gasteiger charge is -2.14. The summed E-state index contributed by atoms with van der Waals surface area (Å²) in [6.07, 6.45) is 10.3. The standard InChI is InChI=1S/C26H26N4O.ClH/c31-26-18-22(9-8-21-6-2-1-3-7-21)12-15-29(26)24-10-11-25-23(19-24)20-27-30(25)17-16-28-13-4-5-14-28;/h1-3,6-12,15,18-20H,4-5,13-14,16-17H2;1H. The van der Waals surface area contributed by atoms with E-state index < -0.39 is 0 Å². The number of fused-ring (bicyclic) bond motifs is 1. The maximum Gasteiger partial charge on any atom is 0.255 e. The minimum atomic E-state index is -0.0454. The molecule has 3 heterocycles. The summed E-state index contributed by atoms with van der Waals surface area (Å²) in [7, 11) is 0. The van der Waals surface area contributed by atoms with Crippen molar-refractivity contribution in [1.82, 2.24) is 19.2 Å². The third kappa shape index (κ3) is 4.85. The summed E-state index contributed by atoms with van der Waals surface area (Å²) in [5.74, 6) is 0. The average Bonchev–Trinajstić information content (AvgIpc) is 3.46. The SMILES string of the molecule is Cl.O=c1cc(C=Cc2ccccc2)ccn1-c1ccc2c(cnn2CCN2CCCC2)c1. The van der Waals surface area contributed by atoms with E-state index in [9.17, 15) is 4.79 Å². The monoisotopic (exact) mass is 446 g/mol. The summed E-state index contributed by atoms with van der Waals surface area (Å²) in [6, 6.07) is 19.8. The first-order valence-corrected chi connectivity index (χ1v) is 10.9. The molecule has 164 valence electrons. The fourth-order valence-corrected chi connectivity index (χ4v) is 4.21. The van der Waals surface area contributed by atoms with Crippen molar-refractivity contribution < 1.29 is 0 Å². The van der Waals surface area contributed by atoms with Crippen molar-refractivity contribution in [3.63, 3.8) is 0 Å². The largest absolute Gasteiger partial charge is 0.301 e. The van der Waals surface area contributed by atoms with Gasteiger partial charge in [-0.2, -0.15) is 5.10 Å². The Kier molecular flexibility index (Phi) is 6.88. The Bertz CT molecular complexity index is 1270. The van der Waals surface area contributed by atoms with Crippen LogP contribution in [0.5, 0.6) is 0 Å². The third-order valence-corrected chi connectivity index (χ3v) is 5.94. The molecule has 1 fully saturated rings. The molecule has 5 nitrogen and oxygen atoms in total. The summed E-state index contributed by atoms with van der Waals surface area (Å²) in [4.78, 5) is 15.2. The van der Waals surface area contributed by atoms with Gasteiger partial charge >= 0.3 is 0 Å². The molecule has 0 radical (unpaired) electrons. The molecule has 5 rings (SSSR count). The van der Waals surface area contributed by atoms with E-state index in [1.165, 1.54) is 25.9 Å². The van der Waals surface area contributed by atoms with Crippen LogP contribution in [0.3, 0.4) is 0 Å². The molecule has 4 aromatic rings. The highest BCUT2D eigenvalue weighted by atomic mass is 35.5. The van der Waals surface area contributed by atoms with Crippen LogP contribution in [-0.4, -0.2) is 38.9 Å². The van der Waals surface area contributed by atoms with E-state index >= 15 is 0 Å². The van der Waals surface area contributed by atoms with Crippen LogP contribution in [-0.2, 0) is 6.54 Å². The molecular formula is C26H27ClN4O. The van der Waals surface area contributed by atoms with Gasteiger partial charge in [0.15, 0.2) is 0 Å². The van der Waals surface area contributed by atoms with Gasteiger partial charge in [-0.25, -0.2) is 0 Å². The van der Waals surface area contributed by atoms with Crippen molar-refractivity contribution in [2.75, 3.05) is 19.6 Å². The number of nitrogens with zero attached hydrogens (tertiary/aromatic N) is 4. The molecule has 1 aliphatic rings. The first-order chi connectivity index (χ1) is 15.3. The molecule has 6 heteroatoms. The van der Waals surface area contributed by atoms with Crippen molar-refractivity contribution in [3.05, 3.63) is 94.5 Å². The molecule has 0 N–H and O–H groups in total. The van der Waals surface area contributed by atoms with Gasteiger partial charge in [-0.15, -0.1) is 12.4 Å². The summed E-state index contributed by atoms with van der Waals surface area (Å²) in [5.41, 5.74) is 3.92. The highest BCUT2D eigenvalue weighted by Gasteiger charge is 2.12. The lowest BCUT2D eigenvalue weighted by Crippen LogP contribution is -2.24. The number of halogens is 1. The van der Waals surface area contributed by atoms with E-state index in [0.717, 1.165) is 40.8 Å². The van der Waals surface area contributed by atoms with Gasteiger partial charge in [0.2, 0.25) is 0 Å². The van der Waals surface area contributed by atoms with Crippen molar-refractivity contribution >= 4 is 35.5 Å². The second-order valence-corrected chi connectivity index (χ2v) is 8.07. The number of hydrogen-bond donors (Lipinski definition) is 0. The van der Waals surface area contributed by atoms with E-state index in [1.54, 1.807) is 10.6 Å². The molecule has 2 aromatic carbocycles. The molecule has 0 saturated carbocycles. The van der Waals surface area contributed by atoms with Crippen LogP contribution in [0.4, 0.5) is 0 Å². The van der Waals surface area contributed by atoms with Crippen LogP contribution >= 0.6 is 12.4 Å². The van der Waals surface area contributed by atoms with Gasteiger partial charge < -0.3 is 4.90 Å². The van der Waals surface area contributed by atoms with Crippen LogP contribution in [0, 0.1) is 0 Å². The summed E-state index contributed by atoms with van der Waals surface area (Å²) >= 11 is 0. The van der Waals surface area contributed by atoms with Crippen LogP contribution in [0.1, 0.15) is 24.0 Å². The van der Waals surface area contributed by atoms with Gasteiger partial charge in [0.25, 0.3) is 5.56 Å². The molecular weight excluding hydrogens is 420 g/mol. The minimum absolute atomic E-state index is 0. The number of hydrogen-bond acceptors (Lipinski definition) is 3. The van der Waals surface area contributed by atoms with E-state index in [0.29, 0.717) is 0 Å². The number of rotatable bonds is 6. The lowest BCUT2D eigenvalue weighted by atomic mass is 10.1. The first kappa shape index (κ1) is 22.1. The van der Waals surface area contributed by atoms with Crippen molar-refractivity contribution in [3.8, 4) is 5.69 Å². The normalized spacial score (nSPS) is 14.2. The molecule has 0 spiro atoms. The molecule has 1 aliphatic heterocycles. The Balaban J connectivity index is 0.00000245. The number of pyridine rings is 1.